The SMILES string of the molecule is CCc1nn(C)c(C(=O)N(CC2CCOC2)C2CC2)c1N. The van der Waals surface area contributed by atoms with Crippen molar-refractivity contribution in [2.24, 2.45) is 13.0 Å². The van der Waals surface area contributed by atoms with E-state index in [-0.39, 0.29) is 5.91 Å². The predicted molar refractivity (Wildman–Crippen MR) is 80.0 cm³/mol. The van der Waals surface area contributed by atoms with Crippen LogP contribution in [0.2, 0.25) is 0 Å². The molecule has 1 aromatic heterocycles. The van der Waals surface area contributed by atoms with Crippen molar-refractivity contribution in [2.45, 2.75) is 38.6 Å². The number of aryl methyl sites for hydroxylation is 2. The molecule has 1 aliphatic heterocycles. The molecule has 116 valence electrons. The summed E-state index contributed by atoms with van der Waals surface area (Å²) in [5.74, 6) is 0.478. The first-order chi connectivity index (χ1) is 10.1. The lowest BCUT2D eigenvalue weighted by Gasteiger charge is -2.25. The lowest BCUT2D eigenvalue weighted by molar-refractivity contribution is 0.0696. The van der Waals surface area contributed by atoms with Gasteiger partial charge in [-0.1, -0.05) is 6.92 Å². The van der Waals surface area contributed by atoms with E-state index in [1.807, 2.05) is 11.8 Å². The summed E-state index contributed by atoms with van der Waals surface area (Å²) >= 11 is 0. The molecule has 2 aliphatic rings. The summed E-state index contributed by atoms with van der Waals surface area (Å²) in [7, 11) is 1.80. The molecule has 3 rings (SSSR count). The average Bonchev–Trinajstić information content (AvgIpc) is 3.09. The van der Waals surface area contributed by atoms with Crippen LogP contribution in [-0.4, -0.2) is 46.4 Å². The Bertz CT molecular complexity index is 530. The summed E-state index contributed by atoms with van der Waals surface area (Å²) in [5.41, 5.74) is 8.01. The fourth-order valence-electron chi connectivity index (χ4n) is 3.04. The molecule has 6 heteroatoms. The van der Waals surface area contributed by atoms with Crippen molar-refractivity contribution in [1.82, 2.24) is 14.7 Å². The molecule has 1 aromatic rings. The smallest absolute Gasteiger partial charge is 0.274 e. The Balaban J connectivity index is 1.82. The van der Waals surface area contributed by atoms with Gasteiger partial charge >= 0.3 is 0 Å². The van der Waals surface area contributed by atoms with Gasteiger partial charge < -0.3 is 15.4 Å². The van der Waals surface area contributed by atoms with Gasteiger partial charge in [-0.05, 0) is 25.7 Å². The fourth-order valence-corrected chi connectivity index (χ4v) is 3.04. The highest BCUT2D eigenvalue weighted by Crippen LogP contribution is 2.31. The summed E-state index contributed by atoms with van der Waals surface area (Å²) in [6.45, 7) is 4.35. The Morgan fingerprint density at radius 2 is 2.24 bits per heavy atom. The van der Waals surface area contributed by atoms with Crippen LogP contribution in [0.5, 0.6) is 0 Å². The molecule has 1 aliphatic carbocycles. The molecule has 6 nitrogen and oxygen atoms in total. The molecule has 0 aromatic carbocycles. The molecule has 0 radical (unpaired) electrons. The normalized spacial score (nSPS) is 21.7. The van der Waals surface area contributed by atoms with Crippen LogP contribution < -0.4 is 5.73 Å². The van der Waals surface area contributed by atoms with Crippen LogP contribution in [0.4, 0.5) is 5.69 Å². The van der Waals surface area contributed by atoms with E-state index in [4.69, 9.17) is 10.5 Å². The van der Waals surface area contributed by atoms with Gasteiger partial charge in [-0.25, -0.2) is 0 Å². The van der Waals surface area contributed by atoms with Crippen LogP contribution in [0.25, 0.3) is 0 Å². The summed E-state index contributed by atoms with van der Waals surface area (Å²) in [5, 5.41) is 4.36. The van der Waals surface area contributed by atoms with Crippen molar-refractivity contribution in [3.63, 3.8) is 0 Å². The monoisotopic (exact) mass is 292 g/mol. The van der Waals surface area contributed by atoms with E-state index in [2.05, 4.69) is 5.10 Å². The van der Waals surface area contributed by atoms with E-state index in [0.29, 0.717) is 23.3 Å². The fraction of sp³-hybridized carbons (Fsp3) is 0.733. The third-order valence-electron chi connectivity index (χ3n) is 4.43. The number of ether oxygens (including phenoxy) is 1. The minimum absolute atomic E-state index is 0.0246. The number of amides is 1. The Labute approximate surface area is 125 Å². The standard InChI is InChI=1S/C15H24N4O2/c1-3-12-13(16)14(18(2)17-12)15(20)19(11-4-5-11)8-10-6-7-21-9-10/h10-11H,3-9,16H2,1-2H3. The minimum atomic E-state index is 0.0246. The predicted octanol–water partition coefficient (Wildman–Crippen LogP) is 1.21. The molecule has 2 fully saturated rings. The first kappa shape index (κ1) is 14.4. The van der Waals surface area contributed by atoms with Crippen LogP contribution >= 0.6 is 0 Å². The van der Waals surface area contributed by atoms with Crippen molar-refractivity contribution in [3.8, 4) is 0 Å². The summed E-state index contributed by atoms with van der Waals surface area (Å²) < 4.78 is 7.07. The molecule has 0 bridgehead atoms. The number of nitrogens with zero attached hydrogens (tertiary/aromatic N) is 3. The summed E-state index contributed by atoms with van der Waals surface area (Å²) in [6.07, 6.45) is 3.97. The molecule has 1 amide bonds. The second-order valence-electron chi connectivity index (χ2n) is 6.10. The quantitative estimate of drug-likeness (QED) is 0.885. The number of anilines is 1. The van der Waals surface area contributed by atoms with E-state index < -0.39 is 0 Å². The zero-order valence-electron chi connectivity index (χ0n) is 12.8. The average molecular weight is 292 g/mol. The lowest BCUT2D eigenvalue weighted by atomic mass is 10.1. The van der Waals surface area contributed by atoms with Gasteiger partial charge in [0.25, 0.3) is 5.91 Å². The highest BCUT2D eigenvalue weighted by molar-refractivity contribution is 5.98. The molecule has 2 N–H and O–H groups in total. The number of rotatable bonds is 5. The van der Waals surface area contributed by atoms with Gasteiger partial charge in [0.15, 0.2) is 0 Å². The Morgan fingerprint density at radius 1 is 1.48 bits per heavy atom. The van der Waals surface area contributed by atoms with Crippen molar-refractivity contribution in [1.29, 1.82) is 0 Å². The van der Waals surface area contributed by atoms with Gasteiger partial charge in [-0.2, -0.15) is 5.10 Å². The molecular formula is C15H24N4O2. The zero-order chi connectivity index (χ0) is 15.0. The van der Waals surface area contributed by atoms with Gasteiger partial charge in [0.05, 0.1) is 18.0 Å². The first-order valence-corrected chi connectivity index (χ1v) is 7.81. The number of hydrogen-bond donors (Lipinski definition) is 1. The van der Waals surface area contributed by atoms with Crippen molar-refractivity contribution >= 4 is 11.6 Å². The zero-order valence-corrected chi connectivity index (χ0v) is 12.8. The number of carbonyl (C=O) groups is 1. The number of aromatic nitrogens is 2. The maximum atomic E-state index is 12.9. The van der Waals surface area contributed by atoms with Crippen LogP contribution in [0.1, 0.15) is 42.4 Å². The summed E-state index contributed by atoms with van der Waals surface area (Å²) in [6, 6.07) is 0.373. The molecule has 2 heterocycles. The number of carbonyl (C=O) groups excluding carboxylic acids is 1. The molecule has 1 unspecified atom stereocenters. The van der Waals surface area contributed by atoms with Gasteiger partial charge in [-0.15, -0.1) is 0 Å². The highest BCUT2D eigenvalue weighted by Gasteiger charge is 2.37. The second kappa shape index (κ2) is 5.67. The van der Waals surface area contributed by atoms with E-state index >= 15 is 0 Å². The highest BCUT2D eigenvalue weighted by atomic mass is 16.5. The van der Waals surface area contributed by atoms with Gasteiger partial charge in [0, 0.05) is 32.2 Å². The Kier molecular flexibility index (Phi) is 3.89. The molecular weight excluding hydrogens is 268 g/mol. The van der Waals surface area contributed by atoms with E-state index in [1.54, 1.807) is 11.7 Å². The maximum absolute atomic E-state index is 12.9. The van der Waals surface area contributed by atoms with Crippen LogP contribution in [0, 0.1) is 5.92 Å². The van der Waals surface area contributed by atoms with E-state index in [1.165, 1.54) is 0 Å². The van der Waals surface area contributed by atoms with Crippen LogP contribution in [0.15, 0.2) is 0 Å². The van der Waals surface area contributed by atoms with Crippen molar-refractivity contribution < 1.29 is 9.53 Å². The minimum Gasteiger partial charge on any atom is -0.395 e. The number of nitrogens with two attached hydrogens (primary N) is 1. The first-order valence-electron chi connectivity index (χ1n) is 7.81. The number of hydrogen-bond acceptors (Lipinski definition) is 4. The lowest BCUT2D eigenvalue weighted by Crippen LogP contribution is -2.38. The van der Waals surface area contributed by atoms with E-state index in [9.17, 15) is 4.79 Å². The third kappa shape index (κ3) is 2.77. The van der Waals surface area contributed by atoms with Crippen LogP contribution in [0.3, 0.4) is 0 Å². The molecule has 1 atom stereocenters. The maximum Gasteiger partial charge on any atom is 0.274 e. The van der Waals surface area contributed by atoms with Gasteiger partial charge in [-0.3, -0.25) is 9.48 Å². The van der Waals surface area contributed by atoms with Crippen molar-refractivity contribution in [2.75, 3.05) is 25.5 Å². The van der Waals surface area contributed by atoms with Crippen LogP contribution in [-0.2, 0) is 18.2 Å². The second-order valence-corrected chi connectivity index (χ2v) is 6.10. The largest absolute Gasteiger partial charge is 0.395 e. The summed E-state index contributed by atoms with van der Waals surface area (Å²) in [4.78, 5) is 14.9. The number of nitrogen functional groups attached to an aromatic ring is 1. The topological polar surface area (TPSA) is 73.4 Å². The molecule has 1 saturated heterocycles. The van der Waals surface area contributed by atoms with E-state index in [0.717, 1.165) is 51.1 Å². The Hall–Kier alpha value is -1.56. The van der Waals surface area contributed by atoms with Gasteiger partial charge in [0.1, 0.15) is 5.69 Å². The third-order valence-corrected chi connectivity index (χ3v) is 4.43. The van der Waals surface area contributed by atoms with Gasteiger partial charge in [0.2, 0.25) is 0 Å². The molecule has 1 saturated carbocycles. The Morgan fingerprint density at radius 3 is 2.76 bits per heavy atom. The van der Waals surface area contributed by atoms with Crippen molar-refractivity contribution in [3.05, 3.63) is 11.4 Å². The molecule has 0 spiro atoms. The molecule has 21 heavy (non-hydrogen) atoms.